The summed E-state index contributed by atoms with van der Waals surface area (Å²) in [6.45, 7) is 0.406. The Balaban J connectivity index is 1.82. The average Bonchev–Trinajstić information content (AvgIpc) is 2.92. The van der Waals surface area contributed by atoms with Gasteiger partial charge in [0, 0.05) is 11.1 Å². The predicted octanol–water partition coefficient (Wildman–Crippen LogP) is 3.48. The highest BCUT2D eigenvalue weighted by molar-refractivity contribution is 6.09. The van der Waals surface area contributed by atoms with E-state index in [1.54, 1.807) is 42.3 Å². The molecule has 4 heteroatoms. The number of fused-ring (bicyclic) bond motifs is 1. The van der Waals surface area contributed by atoms with Crippen molar-refractivity contribution < 1.29 is 14.6 Å². The number of amides is 1. The van der Waals surface area contributed by atoms with Crippen molar-refractivity contribution in [2.45, 2.75) is 12.1 Å². The summed E-state index contributed by atoms with van der Waals surface area (Å²) < 4.78 is 5.27. The molecule has 4 nitrogen and oxygen atoms in total. The molecule has 0 unspecified atom stereocenters. The molecule has 130 valence electrons. The molecule has 0 fully saturated rings. The molecular formula is C22H19NO3. The number of para-hydroxylation sites is 1. The van der Waals surface area contributed by atoms with Crippen LogP contribution in [0.25, 0.3) is 0 Å². The third-order valence-electron chi connectivity index (χ3n) is 4.81. The molecule has 1 heterocycles. The molecule has 1 aliphatic heterocycles. The molecule has 0 aromatic heterocycles. The number of hydrogen-bond acceptors (Lipinski definition) is 3. The first-order valence-corrected chi connectivity index (χ1v) is 8.47. The number of nitrogens with zero attached hydrogens (tertiary/aromatic N) is 1. The van der Waals surface area contributed by atoms with Gasteiger partial charge in [-0.15, -0.1) is 0 Å². The first-order valence-electron chi connectivity index (χ1n) is 8.47. The molecule has 3 aromatic carbocycles. The average molecular weight is 345 g/mol. The van der Waals surface area contributed by atoms with Gasteiger partial charge in [-0.25, -0.2) is 0 Å². The van der Waals surface area contributed by atoms with Crippen LogP contribution in [0, 0.1) is 0 Å². The fraction of sp³-hybridized carbons (Fsp3) is 0.136. The van der Waals surface area contributed by atoms with E-state index in [-0.39, 0.29) is 5.91 Å². The van der Waals surface area contributed by atoms with Gasteiger partial charge in [0.15, 0.2) is 5.60 Å². The van der Waals surface area contributed by atoms with E-state index in [1.165, 1.54) is 0 Å². The minimum Gasteiger partial charge on any atom is -0.497 e. The van der Waals surface area contributed by atoms with Crippen LogP contribution in [0.5, 0.6) is 5.75 Å². The Morgan fingerprint density at radius 3 is 2.46 bits per heavy atom. The third-order valence-corrected chi connectivity index (χ3v) is 4.81. The molecule has 4 rings (SSSR count). The summed E-state index contributed by atoms with van der Waals surface area (Å²) in [6, 6.07) is 24.2. The van der Waals surface area contributed by atoms with Gasteiger partial charge in [-0.1, -0.05) is 60.7 Å². The Morgan fingerprint density at radius 2 is 1.69 bits per heavy atom. The molecule has 26 heavy (non-hydrogen) atoms. The number of aliphatic hydroxyl groups is 1. The standard InChI is InChI=1S/C22H19NO3/c1-26-18-11-7-10-17(14-18)22(25)19-12-5-6-13-20(19)23(21(22)24)15-16-8-3-2-4-9-16/h2-14,25H,15H2,1H3/t22-/m0/s1. The van der Waals surface area contributed by atoms with Crippen LogP contribution < -0.4 is 9.64 Å². The topological polar surface area (TPSA) is 49.8 Å². The Hall–Kier alpha value is -3.11. The number of ether oxygens (including phenoxy) is 1. The molecular weight excluding hydrogens is 326 g/mol. The highest BCUT2D eigenvalue weighted by Crippen LogP contribution is 2.45. The van der Waals surface area contributed by atoms with Crippen LogP contribution in [0.3, 0.4) is 0 Å². The van der Waals surface area contributed by atoms with Gasteiger partial charge in [-0.2, -0.15) is 0 Å². The number of benzene rings is 3. The first-order chi connectivity index (χ1) is 12.6. The van der Waals surface area contributed by atoms with Gasteiger partial charge in [0.25, 0.3) is 5.91 Å². The van der Waals surface area contributed by atoms with Crippen molar-refractivity contribution in [3.05, 3.63) is 95.6 Å². The van der Waals surface area contributed by atoms with Crippen molar-refractivity contribution in [3.8, 4) is 5.75 Å². The summed E-state index contributed by atoms with van der Waals surface area (Å²) in [5.74, 6) is 0.249. The van der Waals surface area contributed by atoms with E-state index in [2.05, 4.69) is 0 Å². The van der Waals surface area contributed by atoms with Crippen LogP contribution in [0.2, 0.25) is 0 Å². The normalized spacial score (nSPS) is 18.7. The van der Waals surface area contributed by atoms with E-state index < -0.39 is 5.60 Å². The lowest BCUT2D eigenvalue weighted by Crippen LogP contribution is -2.40. The molecule has 0 radical (unpaired) electrons. The Kier molecular flexibility index (Phi) is 3.98. The largest absolute Gasteiger partial charge is 0.497 e. The summed E-state index contributed by atoms with van der Waals surface area (Å²) >= 11 is 0. The third kappa shape index (κ3) is 2.47. The van der Waals surface area contributed by atoms with Crippen molar-refractivity contribution in [3.63, 3.8) is 0 Å². The van der Waals surface area contributed by atoms with E-state index in [1.807, 2.05) is 48.5 Å². The van der Waals surface area contributed by atoms with Crippen molar-refractivity contribution in [2.75, 3.05) is 12.0 Å². The second-order valence-corrected chi connectivity index (χ2v) is 6.34. The second kappa shape index (κ2) is 6.32. The summed E-state index contributed by atoms with van der Waals surface area (Å²) in [6.07, 6.45) is 0. The monoisotopic (exact) mass is 345 g/mol. The summed E-state index contributed by atoms with van der Waals surface area (Å²) in [4.78, 5) is 15.0. The van der Waals surface area contributed by atoms with Gasteiger partial charge in [0.05, 0.1) is 19.3 Å². The van der Waals surface area contributed by atoms with Crippen LogP contribution in [-0.2, 0) is 16.9 Å². The number of carbonyl (C=O) groups excluding carboxylic acids is 1. The highest BCUT2D eigenvalue weighted by atomic mass is 16.5. The molecule has 0 bridgehead atoms. The van der Waals surface area contributed by atoms with E-state index in [4.69, 9.17) is 4.74 Å². The highest BCUT2D eigenvalue weighted by Gasteiger charge is 2.51. The van der Waals surface area contributed by atoms with E-state index in [0.717, 1.165) is 11.3 Å². The molecule has 0 spiro atoms. The fourth-order valence-electron chi connectivity index (χ4n) is 3.48. The zero-order chi connectivity index (χ0) is 18.1. The van der Waals surface area contributed by atoms with Gasteiger partial charge < -0.3 is 14.7 Å². The lowest BCUT2D eigenvalue weighted by Gasteiger charge is -2.24. The van der Waals surface area contributed by atoms with Gasteiger partial charge in [-0.3, -0.25) is 4.79 Å². The van der Waals surface area contributed by atoms with Crippen molar-refractivity contribution in [2.24, 2.45) is 0 Å². The van der Waals surface area contributed by atoms with Gasteiger partial charge in [0.2, 0.25) is 0 Å². The van der Waals surface area contributed by atoms with Crippen LogP contribution in [0.1, 0.15) is 16.7 Å². The zero-order valence-electron chi connectivity index (χ0n) is 14.4. The van der Waals surface area contributed by atoms with Crippen LogP contribution in [-0.4, -0.2) is 18.1 Å². The van der Waals surface area contributed by atoms with Crippen molar-refractivity contribution in [1.29, 1.82) is 0 Å². The Labute approximate surface area is 152 Å². The van der Waals surface area contributed by atoms with Crippen molar-refractivity contribution >= 4 is 11.6 Å². The zero-order valence-corrected chi connectivity index (χ0v) is 14.4. The second-order valence-electron chi connectivity index (χ2n) is 6.34. The summed E-state index contributed by atoms with van der Waals surface area (Å²) in [7, 11) is 1.56. The molecule has 1 aliphatic rings. The van der Waals surface area contributed by atoms with Crippen LogP contribution in [0.4, 0.5) is 5.69 Å². The predicted molar refractivity (Wildman–Crippen MR) is 100 cm³/mol. The number of rotatable bonds is 4. The summed E-state index contributed by atoms with van der Waals surface area (Å²) in [5, 5.41) is 11.5. The number of methoxy groups -OCH3 is 1. The van der Waals surface area contributed by atoms with E-state index >= 15 is 0 Å². The minimum absolute atomic E-state index is 0.351. The quantitative estimate of drug-likeness (QED) is 0.788. The molecule has 1 N–H and O–H groups in total. The fourth-order valence-corrected chi connectivity index (χ4v) is 3.48. The summed E-state index contributed by atoms with van der Waals surface area (Å²) in [5.41, 5.74) is 1.11. The first kappa shape index (κ1) is 16.4. The number of carbonyl (C=O) groups is 1. The van der Waals surface area contributed by atoms with E-state index in [9.17, 15) is 9.90 Å². The lowest BCUT2D eigenvalue weighted by atomic mass is 9.87. The lowest BCUT2D eigenvalue weighted by molar-refractivity contribution is -0.132. The van der Waals surface area contributed by atoms with Crippen molar-refractivity contribution in [1.82, 2.24) is 0 Å². The van der Waals surface area contributed by atoms with Crippen LogP contribution in [0.15, 0.2) is 78.9 Å². The Bertz CT molecular complexity index is 954. The van der Waals surface area contributed by atoms with Gasteiger partial charge >= 0.3 is 0 Å². The van der Waals surface area contributed by atoms with Gasteiger partial charge in [-0.05, 0) is 23.8 Å². The smallest absolute Gasteiger partial charge is 0.268 e. The molecule has 1 atom stereocenters. The number of anilines is 1. The molecule has 0 saturated carbocycles. The van der Waals surface area contributed by atoms with E-state index in [0.29, 0.717) is 23.4 Å². The molecule has 0 saturated heterocycles. The molecule has 0 aliphatic carbocycles. The minimum atomic E-state index is -1.72. The molecule has 3 aromatic rings. The van der Waals surface area contributed by atoms with Gasteiger partial charge in [0.1, 0.15) is 5.75 Å². The SMILES string of the molecule is COc1cccc([C@@]2(O)C(=O)N(Cc3ccccc3)c3ccccc32)c1. The molecule has 1 amide bonds. The van der Waals surface area contributed by atoms with Crippen LogP contribution >= 0.6 is 0 Å². The maximum Gasteiger partial charge on any atom is 0.268 e. The maximum atomic E-state index is 13.3. The number of hydrogen-bond donors (Lipinski definition) is 1. The maximum absolute atomic E-state index is 13.3. The Morgan fingerprint density at radius 1 is 0.962 bits per heavy atom.